The highest BCUT2D eigenvalue weighted by atomic mass is 16.5. The van der Waals surface area contributed by atoms with E-state index in [1.165, 1.54) is 12.8 Å². The smallest absolute Gasteiger partial charge is 0.127 e. The summed E-state index contributed by atoms with van der Waals surface area (Å²) in [6.45, 7) is 2.73. The summed E-state index contributed by atoms with van der Waals surface area (Å²) in [5, 5.41) is 3.41. The normalized spacial score (nSPS) is 13.9. The maximum Gasteiger partial charge on any atom is 0.127 e. The molecule has 3 nitrogen and oxygen atoms in total. The van der Waals surface area contributed by atoms with Crippen molar-refractivity contribution in [2.24, 2.45) is 5.92 Å². The van der Waals surface area contributed by atoms with Gasteiger partial charge in [0.2, 0.25) is 0 Å². The lowest BCUT2D eigenvalue weighted by Gasteiger charge is -2.09. The van der Waals surface area contributed by atoms with E-state index < -0.39 is 0 Å². The van der Waals surface area contributed by atoms with Gasteiger partial charge in [-0.15, -0.1) is 0 Å². The van der Waals surface area contributed by atoms with Crippen LogP contribution < -0.4 is 14.8 Å². The second kappa shape index (κ2) is 7.14. The van der Waals surface area contributed by atoms with E-state index >= 15 is 0 Å². The highest BCUT2D eigenvalue weighted by Gasteiger charge is 2.19. The van der Waals surface area contributed by atoms with Crippen LogP contribution in [0.25, 0.3) is 0 Å². The van der Waals surface area contributed by atoms with Crippen molar-refractivity contribution in [1.29, 1.82) is 0 Å². The molecule has 0 amide bonds. The molecule has 0 aliphatic heterocycles. The summed E-state index contributed by atoms with van der Waals surface area (Å²) >= 11 is 0. The van der Waals surface area contributed by atoms with E-state index in [0.717, 1.165) is 36.3 Å². The first kappa shape index (κ1) is 14.0. The third-order valence-corrected chi connectivity index (χ3v) is 3.48. The molecule has 1 N–H and O–H groups in total. The van der Waals surface area contributed by atoms with Crippen LogP contribution in [-0.2, 0) is 0 Å². The minimum Gasteiger partial charge on any atom is -0.492 e. The number of para-hydroxylation sites is 1. The van der Waals surface area contributed by atoms with Crippen LogP contribution in [0.5, 0.6) is 17.2 Å². The SMILES string of the molecule is c1ccc(Oc2ccc(OCCNCC3CC3)cc2)cc1. The van der Waals surface area contributed by atoms with Gasteiger partial charge < -0.3 is 14.8 Å². The molecule has 0 radical (unpaired) electrons. The van der Waals surface area contributed by atoms with E-state index in [4.69, 9.17) is 9.47 Å². The Kier molecular flexibility index (Phi) is 4.74. The summed E-state index contributed by atoms with van der Waals surface area (Å²) in [6, 6.07) is 17.5. The Morgan fingerprint density at radius 1 is 0.857 bits per heavy atom. The van der Waals surface area contributed by atoms with Gasteiger partial charge in [-0.25, -0.2) is 0 Å². The molecule has 0 unspecified atom stereocenters. The molecule has 1 aliphatic rings. The molecular formula is C18H21NO2. The lowest BCUT2D eigenvalue weighted by atomic mass is 10.3. The zero-order valence-electron chi connectivity index (χ0n) is 12.1. The first-order valence-corrected chi connectivity index (χ1v) is 7.56. The van der Waals surface area contributed by atoms with Crippen molar-refractivity contribution in [3.63, 3.8) is 0 Å². The van der Waals surface area contributed by atoms with E-state index in [1.54, 1.807) is 0 Å². The second-order valence-corrected chi connectivity index (χ2v) is 5.38. The topological polar surface area (TPSA) is 30.5 Å². The summed E-state index contributed by atoms with van der Waals surface area (Å²) in [6.07, 6.45) is 2.77. The molecule has 1 aliphatic carbocycles. The van der Waals surface area contributed by atoms with Gasteiger partial charge in [0.05, 0.1) is 0 Å². The molecule has 0 bridgehead atoms. The van der Waals surface area contributed by atoms with Crippen molar-refractivity contribution < 1.29 is 9.47 Å². The van der Waals surface area contributed by atoms with Crippen LogP contribution in [0.4, 0.5) is 0 Å². The molecule has 1 saturated carbocycles. The molecule has 0 aromatic heterocycles. The Labute approximate surface area is 125 Å². The van der Waals surface area contributed by atoms with Gasteiger partial charge >= 0.3 is 0 Å². The van der Waals surface area contributed by atoms with Crippen molar-refractivity contribution in [3.8, 4) is 17.2 Å². The van der Waals surface area contributed by atoms with E-state index in [-0.39, 0.29) is 0 Å². The average Bonchev–Trinajstić information content (AvgIpc) is 3.34. The van der Waals surface area contributed by atoms with Crippen molar-refractivity contribution >= 4 is 0 Å². The Morgan fingerprint density at radius 2 is 1.52 bits per heavy atom. The number of rotatable bonds is 8. The minimum absolute atomic E-state index is 0.700. The highest BCUT2D eigenvalue weighted by molar-refractivity contribution is 5.35. The number of hydrogen-bond donors (Lipinski definition) is 1. The van der Waals surface area contributed by atoms with E-state index in [0.29, 0.717) is 6.61 Å². The summed E-state index contributed by atoms with van der Waals surface area (Å²) < 4.78 is 11.4. The zero-order valence-corrected chi connectivity index (χ0v) is 12.1. The Hall–Kier alpha value is -2.00. The molecule has 0 spiro atoms. The molecule has 21 heavy (non-hydrogen) atoms. The molecule has 0 saturated heterocycles. The van der Waals surface area contributed by atoms with E-state index in [2.05, 4.69) is 5.32 Å². The minimum atomic E-state index is 0.700. The molecule has 0 heterocycles. The summed E-state index contributed by atoms with van der Waals surface area (Å²) in [7, 11) is 0. The molecule has 110 valence electrons. The molecule has 0 atom stereocenters. The monoisotopic (exact) mass is 283 g/mol. The largest absolute Gasteiger partial charge is 0.492 e. The van der Waals surface area contributed by atoms with E-state index in [9.17, 15) is 0 Å². The van der Waals surface area contributed by atoms with E-state index in [1.807, 2.05) is 54.6 Å². The predicted octanol–water partition coefficient (Wildman–Crippen LogP) is 3.86. The predicted molar refractivity (Wildman–Crippen MR) is 84.0 cm³/mol. The fourth-order valence-corrected chi connectivity index (χ4v) is 2.10. The van der Waals surface area contributed by atoms with Gasteiger partial charge in [-0.3, -0.25) is 0 Å². The summed E-state index contributed by atoms with van der Waals surface area (Å²) in [5.74, 6) is 3.46. The average molecular weight is 283 g/mol. The lowest BCUT2D eigenvalue weighted by Crippen LogP contribution is -2.23. The maximum absolute atomic E-state index is 5.74. The third-order valence-electron chi connectivity index (χ3n) is 3.48. The van der Waals surface area contributed by atoms with Crippen molar-refractivity contribution in [1.82, 2.24) is 5.32 Å². The summed E-state index contributed by atoms with van der Waals surface area (Å²) in [5.41, 5.74) is 0. The van der Waals surface area contributed by atoms with Crippen molar-refractivity contribution in [2.45, 2.75) is 12.8 Å². The fraction of sp³-hybridized carbons (Fsp3) is 0.333. The molecular weight excluding hydrogens is 262 g/mol. The van der Waals surface area contributed by atoms with Gasteiger partial charge in [0.1, 0.15) is 23.9 Å². The van der Waals surface area contributed by atoms with Crippen molar-refractivity contribution in [3.05, 3.63) is 54.6 Å². The lowest BCUT2D eigenvalue weighted by molar-refractivity contribution is 0.313. The Bertz CT molecular complexity index is 535. The Balaban J connectivity index is 1.40. The first-order valence-electron chi connectivity index (χ1n) is 7.56. The van der Waals surface area contributed by atoms with Crippen LogP contribution >= 0.6 is 0 Å². The highest BCUT2D eigenvalue weighted by Crippen LogP contribution is 2.27. The van der Waals surface area contributed by atoms with Crippen molar-refractivity contribution in [2.75, 3.05) is 19.7 Å². The van der Waals surface area contributed by atoms with Gasteiger partial charge in [0, 0.05) is 6.54 Å². The van der Waals surface area contributed by atoms with Gasteiger partial charge in [0.15, 0.2) is 0 Å². The third kappa shape index (κ3) is 4.80. The Morgan fingerprint density at radius 3 is 2.24 bits per heavy atom. The molecule has 2 aromatic carbocycles. The molecule has 3 heteroatoms. The standard InChI is InChI=1S/C18H21NO2/c1-2-4-17(5-3-1)21-18-10-8-16(9-11-18)20-13-12-19-14-15-6-7-15/h1-5,8-11,15,19H,6-7,12-14H2. The number of nitrogens with one attached hydrogen (secondary N) is 1. The van der Waals surface area contributed by atoms with Gasteiger partial charge in [-0.05, 0) is 61.7 Å². The number of ether oxygens (including phenoxy) is 2. The second-order valence-electron chi connectivity index (χ2n) is 5.38. The van der Waals surface area contributed by atoms with Crippen LogP contribution in [-0.4, -0.2) is 19.7 Å². The molecule has 1 fully saturated rings. The number of benzene rings is 2. The quantitative estimate of drug-likeness (QED) is 0.746. The van der Waals surface area contributed by atoms with Crippen LogP contribution in [0.2, 0.25) is 0 Å². The molecule has 2 aromatic rings. The zero-order chi connectivity index (χ0) is 14.3. The van der Waals surface area contributed by atoms with Crippen LogP contribution in [0.1, 0.15) is 12.8 Å². The van der Waals surface area contributed by atoms with Crippen LogP contribution in [0.15, 0.2) is 54.6 Å². The van der Waals surface area contributed by atoms with Gasteiger partial charge in [-0.1, -0.05) is 18.2 Å². The number of hydrogen-bond acceptors (Lipinski definition) is 3. The molecule has 3 rings (SSSR count). The van der Waals surface area contributed by atoms with Crippen LogP contribution in [0, 0.1) is 5.92 Å². The van der Waals surface area contributed by atoms with Crippen LogP contribution in [0.3, 0.4) is 0 Å². The summed E-state index contributed by atoms with van der Waals surface area (Å²) in [4.78, 5) is 0. The fourth-order valence-electron chi connectivity index (χ4n) is 2.10. The maximum atomic E-state index is 5.74. The van der Waals surface area contributed by atoms with Gasteiger partial charge in [0.25, 0.3) is 0 Å². The first-order chi connectivity index (χ1) is 10.4. The van der Waals surface area contributed by atoms with Gasteiger partial charge in [-0.2, -0.15) is 0 Å².